The first-order chi connectivity index (χ1) is 16.8. The van der Waals surface area contributed by atoms with Gasteiger partial charge in [0.2, 0.25) is 0 Å². The fraction of sp³-hybridized carbons (Fsp3) is 0.464. The molecule has 0 saturated heterocycles. The van der Waals surface area contributed by atoms with E-state index in [1.54, 1.807) is 6.07 Å². The molecule has 5 nitrogen and oxygen atoms in total. The summed E-state index contributed by atoms with van der Waals surface area (Å²) in [5.74, 6) is 0.897. The van der Waals surface area contributed by atoms with Crippen LogP contribution in [0.3, 0.4) is 0 Å². The van der Waals surface area contributed by atoms with Crippen LogP contribution in [0.15, 0.2) is 59.1 Å². The van der Waals surface area contributed by atoms with Crippen molar-refractivity contribution in [2.75, 3.05) is 27.2 Å². The van der Waals surface area contributed by atoms with Gasteiger partial charge in [0.15, 0.2) is 5.76 Å². The van der Waals surface area contributed by atoms with E-state index in [0.29, 0.717) is 40.0 Å². The predicted octanol–water partition coefficient (Wildman–Crippen LogP) is 3.59. The van der Waals surface area contributed by atoms with Crippen LogP contribution in [0.2, 0.25) is 10.0 Å². The summed E-state index contributed by atoms with van der Waals surface area (Å²) in [6.07, 6.45) is 5.48. The molecule has 1 aliphatic rings. The summed E-state index contributed by atoms with van der Waals surface area (Å²) in [7, 11) is 4.27. The Morgan fingerprint density at radius 2 is 1.75 bits per heavy atom. The van der Waals surface area contributed by atoms with Crippen LogP contribution in [0.4, 0.5) is 0 Å². The first-order valence-electron chi connectivity index (χ1n) is 12.4. The standard InChI is InChI=1S/C28H35Cl2N2O3.BrH/c1-32(2,15-16-34-20-21-13-14-25(29)26(30)17-21)19-24-18-27(31-35-24)28(33,22-9-5-3-6-10-22)23-11-7-4-8-12-23;/h3,5-6,9-10,13-14,17-18,23,33H,4,7-8,11-12,15-16,19-20H2,1-2H3;1H/q+1;/p-1. The predicted molar refractivity (Wildman–Crippen MR) is 139 cm³/mol. The lowest BCUT2D eigenvalue weighted by atomic mass is 9.71. The highest BCUT2D eigenvalue weighted by molar-refractivity contribution is 6.42. The molecule has 196 valence electrons. The molecule has 1 heterocycles. The monoisotopic (exact) mass is 596 g/mol. The number of likely N-dealkylation sites (N-methyl/N-ethyl adjacent to an activating group) is 1. The second-order valence-corrected chi connectivity index (χ2v) is 11.1. The van der Waals surface area contributed by atoms with Crippen molar-refractivity contribution < 1.29 is 35.8 Å². The van der Waals surface area contributed by atoms with Gasteiger partial charge in [-0.05, 0) is 42.0 Å². The minimum atomic E-state index is -1.14. The van der Waals surface area contributed by atoms with Gasteiger partial charge < -0.3 is 35.8 Å². The van der Waals surface area contributed by atoms with Crippen molar-refractivity contribution in [3.8, 4) is 0 Å². The number of benzene rings is 2. The van der Waals surface area contributed by atoms with Crippen LogP contribution in [0.5, 0.6) is 0 Å². The molecule has 1 unspecified atom stereocenters. The number of halogens is 3. The van der Waals surface area contributed by atoms with Gasteiger partial charge in [-0.15, -0.1) is 0 Å². The van der Waals surface area contributed by atoms with Crippen molar-refractivity contribution in [1.82, 2.24) is 5.16 Å². The molecule has 1 aliphatic carbocycles. The van der Waals surface area contributed by atoms with E-state index in [-0.39, 0.29) is 22.9 Å². The summed E-state index contributed by atoms with van der Waals surface area (Å²) in [6, 6.07) is 17.4. The molecule has 1 atom stereocenters. The van der Waals surface area contributed by atoms with Crippen molar-refractivity contribution in [3.63, 3.8) is 0 Å². The molecule has 3 aromatic rings. The van der Waals surface area contributed by atoms with Gasteiger partial charge in [0.25, 0.3) is 0 Å². The van der Waals surface area contributed by atoms with Crippen LogP contribution in [0.1, 0.15) is 54.7 Å². The van der Waals surface area contributed by atoms with Crippen molar-refractivity contribution in [2.24, 2.45) is 5.92 Å². The summed E-state index contributed by atoms with van der Waals surface area (Å²) >= 11 is 12.1. The molecule has 2 aromatic carbocycles. The molecule has 1 N–H and O–H groups in total. The fourth-order valence-corrected chi connectivity index (χ4v) is 5.33. The van der Waals surface area contributed by atoms with Gasteiger partial charge in [0.1, 0.15) is 24.4 Å². The number of ether oxygens (including phenoxy) is 1. The molecule has 0 radical (unpaired) electrons. The Bertz CT molecular complexity index is 1100. The second-order valence-electron chi connectivity index (χ2n) is 10.3. The summed E-state index contributed by atoms with van der Waals surface area (Å²) in [4.78, 5) is 0. The minimum Gasteiger partial charge on any atom is -1.00 e. The van der Waals surface area contributed by atoms with Gasteiger partial charge in [-0.25, -0.2) is 0 Å². The number of aromatic nitrogens is 1. The second kappa shape index (κ2) is 12.9. The molecule has 0 spiro atoms. The normalized spacial score (nSPS) is 16.4. The lowest BCUT2D eigenvalue weighted by Crippen LogP contribution is -3.00. The van der Waals surface area contributed by atoms with Crippen LogP contribution in [-0.4, -0.2) is 42.0 Å². The van der Waals surface area contributed by atoms with Gasteiger partial charge in [0.05, 0.1) is 37.4 Å². The Morgan fingerprint density at radius 1 is 1.03 bits per heavy atom. The van der Waals surface area contributed by atoms with Crippen LogP contribution in [0, 0.1) is 5.92 Å². The van der Waals surface area contributed by atoms with Crippen molar-refractivity contribution in [1.29, 1.82) is 0 Å². The zero-order valence-electron chi connectivity index (χ0n) is 20.9. The zero-order chi connectivity index (χ0) is 24.9. The third kappa shape index (κ3) is 7.12. The Balaban J connectivity index is 0.00000361. The molecular formula is C28H35BrCl2N2O3. The maximum atomic E-state index is 12.0. The first kappa shape index (κ1) is 29.2. The molecule has 1 aromatic heterocycles. The lowest BCUT2D eigenvalue weighted by molar-refractivity contribution is -0.905. The van der Waals surface area contributed by atoms with E-state index >= 15 is 0 Å². The summed E-state index contributed by atoms with van der Waals surface area (Å²) in [5.41, 5.74) is 1.36. The summed E-state index contributed by atoms with van der Waals surface area (Å²) in [6.45, 7) is 2.51. The third-order valence-corrected chi connectivity index (χ3v) is 7.78. The van der Waals surface area contributed by atoms with E-state index in [0.717, 1.165) is 49.1 Å². The van der Waals surface area contributed by atoms with Gasteiger partial charge in [-0.2, -0.15) is 0 Å². The van der Waals surface area contributed by atoms with Crippen molar-refractivity contribution in [2.45, 2.75) is 50.9 Å². The highest BCUT2D eigenvalue weighted by Crippen LogP contribution is 2.43. The lowest BCUT2D eigenvalue weighted by Gasteiger charge is -2.37. The highest BCUT2D eigenvalue weighted by atomic mass is 79.9. The van der Waals surface area contributed by atoms with Gasteiger partial charge in [0, 0.05) is 6.07 Å². The maximum Gasteiger partial charge on any atom is 0.191 e. The van der Waals surface area contributed by atoms with Crippen LogP contribution < -0.4 is 17.0 Å². The molecule has 1 saturated carbocycles. The maximum absolute atomic E-state index is 12.0. The molecule has 0 bridgehead atoms. The molecule has 8 heteroatoms. The van der Waals surface area contributed by atoms with Gasteiger partial charge >= 0.3 is 0 Å². The molecule has 36 heavy (non-hydrogen) atoms. The summed E-state index contributed by atoms with van der Waals surface area (Å²) < 4.78 is 12.3. The van der Waals surface area contributed by atoms with Crippen LogP contribution in [0.25, 0.3) is 0 Å². The number of quaternary nitrogens is 1. The van der Waals surface area contributed by atoms with Crippen molar-refractivity contribution >= 4 is 23.2 Å². The zero-order valence-corrected chi connectivity index (χ0v) is 24.0. The number of rotatable bonds is 10. The highest BCUT2D eigenvalue weighted by Gasteiger charge is 2.43. The molecule has 0 aliphatic heterocycles. The van der Waals surface area contributed by atoms with E-state index in [1.807, 2.05) is 48.5 Å². The number of aliphatic hydroxyl groups is 1. The first-order valence-corrected chi connectivity index (χ1v) is 13.1. The summed E-state index contributed by atoms with van der Waals surface area (Å²) in [5, 5.41) is 17.5. The average Bonchev–Trinajstić information content (AvgIpc) is 3.33. The molecule has 0 amide bonds. The molecule has 4 rings (SSSR count). The molecule has 1 fully saturated rings. The number of hydrogen-bond donors (Lipinski definition) is 1. The molecular weight excluding hydrogens is 563 g/mol. The van der Waals surface area contributed by atoms with Gasteiger partial charge in [-0.1, -0.05) is 84.0 Å². The SMILES string of the molecule is C[N+](C)(CCOCc1ccc(Cl)c(Cl)c1)Cc1cc(C(O)(c2ccccc2)C2CCCCC2)no1.[Br-]. The Hall–Kier alpha value is -1.41. The van der Waals surface area contributed by atoms with E-state index < -0.39 is 5.60 Å². The topological polar surface area (TPSA) is 55.5 Å². The number of nitrogens with zero attached hydrogens (tertiary/aromatic N) is 2. The van der Waals surface area contributed by atoms with E-state index in [9.17, 15) is 5.11 Å². The third-order valence-electron chi connectivity index (χ3n) is 7.04. The van der Waals surface area contributed by atoms with Gasteiger partial charge in [-0.3, -0.25) is 0 Å². The Morgan fingerprint density at radius 3 is 2.44 bits per heavy atom. The number of hydrogen-bond acceptors (Lipinski definition) is 4. The van der Waals surface area contributed by atoms with E-state index in [4.69, 9.17) is 32.5 Å². The minimum absolute atomic E-state index is 0. The Kier molecular flexibility index (Phi) is 10.4. The largest absolute Gasteiger partial charge is 1.00 e. The smallest absolute Gasteiger partial charge is 0.191 e. The van der Waals surface area contributed by atoms with Crippen LogP contribution >= 0.6 is 23.2 Å². The van der Waals surface area contributed by atoms with Crippen LogP contribution in [-0.2, 0) is 23.5 Å². The fourth-order valence-electron chi connectivity index (χ4n) is 5.00. The van der Waals surface area contributed by atoms with E-state index in [1.165, 1.54) is 6.42 Å². The average molecular weight is 598 g/mol. The van der Waals surface area contributed by atoms with Crippen molar-refractivity contribution in [3.05, 3.63) is 87.2 Å². The Labute approximate surface area is 234 Å². The quantitative estimate of drug-likeness (QED) is 0.287. The van der Waals surface area contributed by atoms with E-state index in [2.05, 4.69) is 19.3 Å².